The molecule has 0 unspecified atom stereocenters. The van der Waals surface area contributed by atoms with Gasteiger partial charge in [0.05, 0.1) is 5.69 Å². The first kappa shape index (κ1) is 15.0. The van der Waals surface area contributed by atoms with E-state index in [0.29, 0.717) is 12.2 Å². The number of hydrogen-bond donors (Lipinski definition) is 2. The second kappa shape index (κ2) is 6.87. The van der Waals surface area contributed by atoms with Crippen LogP contribution in [0.2, 0.25) is 0 Å². The minimum Gasteiger partial charge on any atom is -0.311 e. The minimum atomic E-state index is -0.00556. The summed E-state index contributed by atoms with van der Waals surface area (Å²) >= 11 is 0. The number of hydrogen-bond acceptors (Lipinski definition) is 3. The van der Waals surface area contributed by atoms with Gasteiger partial charge in [-0.3, -0.25) is 9.89 Å². The quantitative estimate of drug-likeness (QED) is 0.751. The van der Waals surface area contributed by atoms with E-state index in [4.69, 9.17) is 0 Å². The Balaban J connectivity index is 1.80. The monoisotopic (exact) mass is 306 g/mol. The Labute approximate surface area is 134 Å². The molecule has 3 aromatic rings. The lowest BCUT2D eigenvalue weighted by Crippen LogP contribution is -2.11. The number of aromatic nitrogens is 3. The number of carbonyl (C=O) groups is 1. The predicted molar refractivity (Wildman–Crippen MR) is 90.8 cm³/mol. The third kappa shape index (κ3) is 3.63. The first-order valence-corrected chi connectivity index (χ1v) is 7.62. The second-order valence-electron chi connectivity index (χ2n) is 5.28. The van der Waals surface area contributed by atoms with Crippen LogP contribution < -0.4 is 5.32 Å². The summed E-state index contributed by atoms with van der Waals surface area (Å²) in [6.07, 6.45) is 4.84. The highest BCUT2D eigenvalue weighted by atomic mass is 16.1. The van der Waals surface area contributed by atoms with Crippen molar-refractivity contribution in [3.63, 3.8) is 0 Å². The van der Waals surface area contributed by atoms with Gasteiger partial charge in [0.1, 0.15) is 5.82 Å². The highest BCUT2D eigenvalue weighted by molar-refractivity contribution is 5.89. The van der Waals surface area contributed by atoms with E-state index < -0.39 is 0 Å². The smallest absolute Gasteiger partial charge is 0.225 e. The summed E-state index contributed by atoms with van der Waals surface area (Å²) in [6, 6.07) is 13.9. The van der Waals surface area contributed by atoms with Crippen LogP contribution in [0.3, 0.4) is 0 Å². The van der Waals surface area contributed by atoms with Gasteiger partial charge >= 0.3 is 0 Å². The first-order chi connectivity index (χ1) is 11.3. The number of H-pyrrole nitrogens is 1. The molecule has 0 aliphatic rings. The fourth-order valence-electron chi connectivity index (χ4n) is 2.35. The molecule has 0 atom stereocenters. The van der Waals surface area contributed by atoms with E-state index in [1.165, 1.54) is 0 Å². The van der Waals surface area contributed by atoms with Crippen molar-refractivity contribution in [3.05, 3.63) is 54.9 Å². The predicted octanol–water partition coefficient (Wildman–Crippen LogP) is 3.88. The van der Waals surface area contributed by atoms with Crippen LogP contribution in [0.15, 0.2) is 54.9 Å². The molecule has 0 radical (unpaired) electrons. The molecule has 5 nitrogen and oxygen atoms in total. The third-order valence-electron chi connectivity index (χ3n) is 3.52. The minimum absolute atomic E-state index is 0.00556. The zero-order valence-electron chi connectivity index (χ0n) is 12.9. The molecule has 3 rings (SSSR count). The lowest BCUT2D eigenvalue weighted by molar-refractivity contribution is -0.116. The maximum atomic E-state index is 11.6. The number of amides is 1. The van der Waals surface area contributed by atoms with Crippen molar-refractivity contribution in [2.75, 3.05) is 5.32 Å². The molecule has 0 aliphatic heterocycles. The average Bonchev–Trinajstić information content (AvgIpc) is 3.10. The van der Waals surface area contributed by atoms with Gasteiger partial charge in [0.25, 0.3) is 0 Å². The topological polar surface area (TPSA) is 70.7 Å². The number of nitrogens with zero attached hydrogens (tertiary/aromatic N) is 2. The normalized spacial score (nSPS) is 10.5. The number of nitrogens with one attached hydrogen (secondary N) is 2. The molecule has 5 heteroatoms. The second-order valence-corrected chi connectivity index (χ2v) is 5.28. The van der Waals surface area contributed by atoms with E-state index >= 15 is 0 Å². The van der Waals surface area contributed by atoms with Gasteiger partial charge < -0.3 is 5.32 Å². The number of aromatic amines is 1. The third-order valence-corrected chi connectivity index (χ3v) is 3.52. The molecule has 0 saturated carbocycles. The van der Waals surface area contributed by atoms with Crippen LogP contribution >= 0.6 is 0 Å². The van der Waals surface area contributed by atoms with Crippen LogP contribution in [0.5, 0.6) is 0 Å². The zero-order valence-corrected chi connectivity index (χ0v) is 12.9. The van der Waals surface area contributed by atoms with Crippen molar-refractivity contribution < 1.29 is 4.79 Å². The number of benzene rings is 1. The lowest BCUT2D eigenvalue weighted by atomic mass is 10.0. The molecule has 0 aliphatic carbocycles. The molecule has 2 heterocycles. The Morgan fingerprint density at radius 2 is 2.00 bits per heavy atom. The summed E-state index contributed by atoms with van der Waals surface area (Å²) in [5.74, 6) is 0.575. The van der Waals surface area contributed by atoms with E-state index in [1.54, 1.807) is 12.4 Å². The van der Waals surface area contributed by atoms with Crippen LogP contribution in [0, 0.1) is 0 Å². The standard InChI is InChI=1S/C18H18N4O/c1-2-4-18(23)21-17-8-7-15(12-19-17)13-5-3-6-14(11-13)16-9-10-20-22-16/h3,5-12H,2,4H2,1H3,(H,20,22)(H,19,21,23). The van der Waals surface area contributed by atoms with Crippen molar-refractivity contribution >= 4 is 11.7 Å². The van der Waals surface area contributed by atoms with Crippen molar-refractivity contribution in [2.24, 2.45) is 0 Å². The first-order valence-electron chi connectivity index (χ1n) is 7.62. The van der Waals surface area contributed by atoms with E-state index in [-0.39, 0.29) is 5.91 Å². The molecule has 1 aromatic carbocycles. The van der Waals surface area contributed by atoms with Crippen LogP contribution in [0.25, 0.3) is 22.4 Å². The molecule has 0 saturated heterocycles. The summed E-state index contributed by atoms with van der Waals surface area (Å²) in [5, 5.41) is 9.73. The van der Waals surface area contributed by atoms with Gasteiger partial charge in [-0.15, -0.1) is 0 Å². The number of carbonyl (C=O) groups excluding carboxylic acids is 1. The SMILES string of the molecule is CCCC(=O)Nc1ccc(-c2cccc(-c3ccn[nH]3)c2)cn1. The van der Waals surface area contributed by atoms with Gasteiger partial charge in [-0.1, -0.05) is 25.1 Å². The molecule has 2 aromatic heterocycles. The van der Waals surface area contributed by atoms with E-state index in [2.05, 4.69) is 26.6 Å². The van der Waals surface area contributed by atoms with Crippen LogP contribution in [0.4, 0.5) is 5.82 Å². The van der Waals surface area contributed by atoms with E-state index in [1.807, 2.05) is 43.3 Å². The Morgan fingerprint density at radius 3 is 2.70 bits per heavy atom. The molecule has 0 bridgehead atoms. The maximum absolute atomic E-state index is 11.6. The van der Waals surface area contributed by atoms with Crippen LogP contribution in [-0.2, 0) is 4.79 Å². The molecule has 0 fully saturated rings. The molecule has 1 amide bonds. The summed E-state index contributed by atoms with van der Waals surface area (Å²) in [5.41, 5.74) is 4.11. The lowest BCUT2D eigenvalue weighted by Gasteiger charge is -2.06. The summed E-state index contributed by atoms with van der Waals surface area (Å²) < 4.78 is 0. The largest absolute Gasteiger partial charge is 0.311 e. The summed E-state index contributed by atoms with van der Waals surface area (Å²) in [6.45, 7) is 1.97. The molecule has 23 heavy (non-hydrogen) atoms. The fraction of sp³-hybridized carbons (Fsp3) is 0.167. The molecule has 0 spiro atoms. The molecular weight excluding hydrogens is 288 g/mol. The zero-order chi connectivity index (χ0) is 16.1. The van der Waals surface area contributed by atoms with E-state index in [0.717, 1.165) is 28.8 Å². The number of anilines is 1. The molecule has 116 valence electrons. The van der Waals surface area contributed by atoms with Crippen LogP contribution in [0.1, 0.15) is 19.8 Å². The summed E-state index contributed by atoms with van der Waals surface area (Å²) in [4.78, 5) is 15.9. The molecule has 2 N–H and O–H groups in total. The molecular formula is C18H18N4O. The van der Waals surface area contributed by atoms with Gasteiger partial charge in [0, 0.05) is 29.9 Å². The summed E-state index contributed by atoms with van der Waals surface area (Å²) in [7, 11) is 0. The Bertz CT molecular complexity index is 779. The van der Waals surface area contributed by atoms with Gasteiger partial charge in [-0.05, 0) is 36.2 Å². The van der Waals surface area contributed by atoms with E-state index in [9.17, 15) is 4.79 Å². The van der Waals surface area contributed by atoms with Gasteiger partial charge in [0.15, 0.2) is 0 Å². The van der Waals surface area contributed by atoms with Crippen LogP contribution in [-0.4, -0.2) is 21.1 Å². The Kier molecular flexibility index (Phi) is 4.47. The maximum Gasteiger partial charge on any atom is 0.225 e. The van der Waals surface area contributed by atoms with Crippen molar-refractivity contribution in [1.82, 2.24) is 15.2 Å². The number of pyridine rings is 1. The van der Waals surface area contributed by atoms with Crippen molar-refractivity contribution in [3.8, 4) is 22.4 Å². The van der Waals surface area contributed by atoms with Crippen molar-refractivity contribution in [2.45, 2.75) is 19.8 Å². The van der Waals surface area contributed by atoms with Gasteiger partial charge in [-0.25, -0.2) is 4.98 Å². The van der Waals surface area contributed by atoms with Gasteiger partial charge in [0.2, 0.25) is 5.91 Å². The number of rotatable bonds is 5. The van der Waals surface area contributed by atoms with Crippen molar-refractivity contribution in [1.29, 1.82) is 0 Å². The Hall–Kier alpha value is -2.95. The Morgan fingerprint density at radius 1 is 1.13 bits per heavy atom. The van der Waals surface area contributed by atoms with Gasteiger partial charge in [-0.2, -0.15) is 5.10 Å². The highest BCUT2D eigenvalue weighted by Gasteiger charge is 2.05. The fourth-order valence-corrected chi connectivity index (χ4v) is 2.35. The highest BCUT2D eigenvalue weighted by Crippen LogP contribution is 2.25. The average molecular weight is 306 g/mol.